The van der Waals surface area contributed by atoms with E-state index in [4.69, 9.17) is 16.3 Å². The highest BCUT2D eigenvalue weighted by Gasteiger charge is 2.20. The van der Waals surface area contributed by atoms with Gasteiger partial charge in [0.25, 0.3) is 0 Å². The molecule has 0 amide bonds. The van der Waals surface area contributed by atoms with Crippen LogP contribution in [0.4, 0.5) is 0 Å². The average molecular weight is 256 g/mol. The Morgan fingerprint density at radius 1 is 1.53 bits per heavy atom. The summed E-state index contributed by atoms with van der Waals surface area (Å²) >= 11 is 5.89. The van der Waals surface area contributed by atoms with Gasteiger partial charge in [-0.05, 0) is 25.5 Å². The Kier molecular flexibility index (Phi) is 4.26. The number of para-hydroxylation sites is 1. The van der Waals surface area contributed by atoms with Gasteiger partial charge >= 0.3 is 0 Å². The normalized spacial score (nSPS) is 21.6. The summed E-state index contributed by atoms with van der Waals surface area (Å²) < 4.78 is 5.38. The van der Waals surface area contributed by atoms with Crippen molar-refractivity contribution in [1.82, 2.24) is 4.90 Å². The summed E-state index contributed by atoms with van der Waals surface area (Å²) in [5.41, 5.74) is 0.884. The molecule has 1 aromatic rings. The van der Waals surface area contributed by atoms with Gasteiger partial charge < -0.3 is 9.84 Å². The fourth-order valence-electron chi connectivity index (χ4n) is 2.28. The Morgan fingerprint density at radius 3 is 3.12 bits per heavy atom. The molecule has 17 heavy (non-hydrogen) atoms. The van der Waals surface area contributed by atoms with Crippen LogP contribution in [0.1, 0.15) is 18.4 Å². The lowest BCUT2D eigenvalue weighted by Gasteiger charge is -2.32. The lowest BCUT2D eigenvalue weighted by Crippen LogP contribution is -2.38. The van der Waals surface area contributed by atoms with Crippen LogP contribution in [0.3, 0.4) is 0 Å². The van der Waals surface area contributed by atoms with Gasteiger partial charge in [0, 0.05) is 25.8 Å². The maximum Gasteiger partial charge on any atom is 0.138 e. The van der Waals surface area contributed by atoms with E-state index < -0.39 is 0 Å². The third-order valence-corrected chi connectivity index (χ3v) is 3.56. The van der Waals surface area contributed by atoms with Crippen molar-refractivity contribution in [3.05, 3.63) is 28.8 Å². The van der Waals surface area contributed by atoms with E-state index in [0.717, 1.165) is 38.0 Å². The molecule has 0 spiro atoms. The maximum atomic E-state index is 9.86. The number of ether oxygens (including phenoxy) is 1. The number of benzene rings is 1. The van der Waals surface area contributed by atoms with Crippen LogP contribution < -0.4 is 0 Å². The number of likely N-dealkylation sites (tertiary alicyclic amines) is 1. The van der Waals surface area contributed by atoms with Crippen LogP contribution in [0, 0.1) is 0 Å². The molecule has 1 fully saturated rings. The molecule has 1 saturated heterocycles. The molecule has 2 rings (SSSR count). The van der Waals surface area contributed by atoms with Crippen molar-refractivity contribution >= 4 is 11.6 Å². The summed E-state index contributed by atoms with van der Waals surface area (Å²) in [6, 6.07) is 5.49. The first kappa shape index (κ1) is 12.7. The van der Waals surface area contributed by atoms with Gasteiger partial charge in [-0.25, -0.2) is 0 Å². The monoisotopic (exact) mass is 255 g/mol. The van der Waals surface area contributed by atoms with Crippen LogP contribution >= 0.6 is 11.6 Å². The van der Waals surface area contributed by atoms with Gasteiger partial charge in [-0.1, -0.05) is 23.7 Å². The van der Waals surface area contributed by atoms with Crippen LogP contribution in [0.2, 0.25) is 5.02 Å². The number of halogens is 1. The summed E-state index contributed by atoms with van der Waals surface area (Å²) in [4.78, 5) is 2.29. The Morgan fingerprint density at radius 2 is 2.35 bits per heavy atom. The second-order valence-electron chi connectivity index (χ2n) is 4.48. The first-order chi connectivity index (χ1) is 8.20. The number of hydrogen-bond acceptors (Lipinski definition) is 3. The van der Waals surface area contributed by atoms with E-state index in [0.29, 0.717) is 11.1 Å². The topological polar surface area (TPSA) is 32.7 Å². The fourth-order valence-corrected chi connectivity index (χ4v) is 2.47. The Hall–Kier alpha value is -0.770. The van der Waals surface area contributed by atoms with E-state index in [9.17, 15) is 5.11 Å². The minimum Gasteiger partial charge on any atom is -0.506 e. The van der Waals surface area contributed by atoms with Gasteiger partial charge in [-0.3, -0.25) is 4.90 Å². The summed E-state index contributed by atoms with van der Waals surface area (Å²) in [5, 5.41) is 10.3. The standard InChI is InChI=1S/C13H18ClNO2/c1-17-11-5-3-7-15(9-11)8-10-4-2-6-12(14)13(10)16/h2,4,6,11,16H,3,5,7-9H2,1H3. The Bertz CT molecular complexity index is 384. The molecule has 0 aliphatic carbocycles. The number of phenolic OH excluding ortho intramolecular Hbond substituents is 1. The summed E-state index contributed by atoms with van der Waals surface area (Å²) in [6.45, 7) is 2.69. The molecule has 1 heterocycles. The summed E-state index contributed by atoms with van der Waals surface area (Å²) in [6.07, 6.45) is 2.57. The van der Waals surface area contributed by atoms with E-state index in [1.54, 1.807) is 13.2 Å². The van der Waals surface area contributed by atoms with Crippen molar-refractivity contribution in [2.45, 2.75) is 25.5 Å². The highest BCUT2D eigenvalue weighted by atomic mass is 35.5. The Balaban J connectivity index is 2.02. The number of aromatic hydroxyl groups is 1. The van der Waals surface area contributed by atoms with Crippen molar-refractivity contribution in [3.8, 4) is 5.75 Å². The molecular weight excluding hydrogens is 238 g/mol. The van der Waals surface area contributed by atoms with E-state index in [2.05, 4.69) is 4.90 Å². The van der Waals surface area contributed by atoms with Gasteiger partial charge in [-0.15, -0.1) is 0 Å². The van der Waals surface area contributed by atoms with E-state index in [-0.39, 0.29) is 5.75 Å². The van der Waals surface area contributed by atoms with Crippen molar-refractivity contribution in [3.63, 3.8) is 0 Å². The first-order valence-corrected chi connectivity index (χ1v) is 6.30. The largest absolute Gasteiger partial charge is 0.506 e. The second-order valence-corrected chi connectivity index (χ2v) is 4.89. The fraction of sp³-hybridized carbons (Fsp3) is 0.538. The van der Waals surface area contributed by atoms with Crippen LogP contribution in [0.15, 0.2) is 18.2 Å². The van der Waals surface area contributed by atoms with Gasteiger partial charge in [0.1, 0.15) is 5.75 Å². The minimum atomic E-state index is 0.203. The molecule has 1 atom stereocenters. The average Bonchev–Trinajstić information content (AvgIpc) is 2.35. The van der Waals surface area contributed by atoms with E-state index >= 15 is 0 Å². The van der Waals surface area contributed by atoms with Crippen molar-refractivity contribution in [2.75, 3.05) is 20.2 Å². The summed E-state index contributed by atoms with van der Waals surface area (Å²) in [7, 11) is 1.75. The second kappa shape index (κ2) is 5.71. The van der Waals surface area contributed by atoms with Crippen molar-refractivity contribution in [2.24, 2.45) is 0 Å². The third kappa shape index (κ3) is 3.12. The molecule has 3 nitrogen and oxygen atoms in total. The molecule has 94 valence electrons. The lowest BCUT2D eigenvalue weighted by molar-refractivity contribution is 0.0283. The molecule has 1 unspecified atom stereocenters. The predicted octanol–water partition coefficient (Wildman–Crippen LogP) is 2.66. The van der Waals surface area contributed by atoms with Crippen LogP contribution in [0.5, 0.6) is 5.75 Å². The number of piperidine rings is 1. The molecule has 0 radical (unpaired) electrons. The number of methoxy groups -OCH3 is 1. The molecule has 1 aliphatic rings. The van der Waals surface area contributed by atoms with Crippen molar-refractivity contribution in [1.29, 1.82) is 0 Å². The maximum absolute atomic E-state index is 9.86. The minimum absolute atomic E-state index is 0.203. The molecule has 1 aliphatic heterocycles. The molecule has 4 heteroatoms. The highest BCUT2D eigenvalue weighted by Crippen LogP contribution is 2.28. The molecular formula is C13H18ClNO2. The molecule has 0 saturated carbocycles. The number of hydrogen-bond donors (Lipinski definition) is 1. The van der Waals surface area contributed by atoms with Gasteiger partial charge in [-0.2, -0.15) is 0 Å². The third-order valence-electron chi connectivity index (χ3n) is 3.26. The van der Waals surface area contributed by atoms with Crippen molar-refractivity contribution < 1.29 is 9.84 Å². The summed E-state index contributed by atoms with van der Waals surface area (Å²) in [5.74, 6) is 0.203. The van der Waals surface area contributed by atoms with Gasteiger partial charge in [0.05, 0.1) is 11.1 Å². The highest BCUT2D eigenvalue weighted by molar-refractivity contribution is 6.32. The predicted molar refractivity (Wildman–Crippen MR) is 68.4 cm³/mol. The molecule has 1 N–H and O–H groups in total. The number of nitrogens with zero attached hydrogens (tertiary/aromatic N) is 1. The van der Waals surface area contributed by atoms with Crippen LogP contribution in [0.25, 0.3) is 0 Å². The lowest BCUT2D eigenvalue weighted by atomic mass is 10.1. The quantitative estimate of drug-likeness (QED) is 0.901. The van der Waals surface area contributed by atoms with Crippen LogP contribution in [-0.4, -0.2) is 36.3 Å². The zero-order valence-corrected chi connectivity index (χ0v) is 10.8. The zero-order chi connectivity index (χ0) is 12.3. The van der Waals surface area contributed by atoms with E-state index in [1.807, 2.05) is 12.1 Å². The van der Waals surface area contributed by atoms with Gasteiger partial charge in [0.15, 0.2) is 0 Å². The molecule has 0 bridgehead atoms. The Labute approximate surface area is 107 Å². The SMILES string of the molecule is COC1CCCN(Cc2cccc(Cl)c2O)C1. The smallest absolute Gasteiger partial charge is 0.138 e. The number of phenols is 1. The van der Waals surface area contributed by atoms with Crippen LogP contribution in [-0.2, 0) is 11.3 Å². The molecule has 0 aromatic heterocycles. The zero-order valence-electron chi connectivity index (χ0n) is 10.0. The van der Waals surface area contributed by atoms with E-state index in [1.165, 1.54) is 0 Å². The number of rotatable bonds is 3. The molecule has 1 aromatic carbocycles. The first-order valence-electron chi connectivity index (χ1n) is 5.92. The van der Waals surface area contributed by atoms with Gasteiger partial charge in [0.2, 0.25) is 0 Å².